The van der Waals surface area contributed by atoms with Gasteiger partial charge in [-0.05, 0) is 81.2 Å². The summed E-state index contributed by atoms with van der Waals surface area (Å²) in [4.78, 5) is 44.6. The molecule has 0 bridgehead atoms. The number of rotatable bonds is 11. The van der Waals surface area contributed by atoms with E-state index in [9.17, 15) is 14.4 Å². The Labute approximate surface area is 277 Å². The number of likely N-dealkylation sites (tertiary alicyclic amines) is 1. The number of benzene rings is 2. The van der Waals surface area contributed by atoms with Crippen LogP contribution >= 0.6 is 11.8 Å². The third kappa shape index (κ3) is 8.45. The number of ether oxygens (including phenoxy) is 2. The summed E-state index contributed by atoms with van der Waals surface area (Å²) in [6.45, 7) is 4.47. The number of nitrogens with one attached hydrogen (secondary N) is 2. The second kappa shape index (κ2) is 15.9. The van der Waals surface area contributed by atoms with E-state index >= 15 is 0 Å². The maximum Gasteiger partial charge on any atom is 0.322 e. The highest BCUT2D eigenvalue weighted by atomic mass is 32.2. The number of methoxy groups -OCH3 is 1. The normalized spacial score (nSPS) is 18.6. The maximum atomic E-state index is 14.3. The van der Waals surface area contributed by atoms with Crippen molar-refractivity contribution in [3.8, 4) is 5.75 Å². The lowest BCUT2D eigenvalue weighted by Gasteiger charge is -2.49. The van der Waals surface area contributed by atoms with Gasteiger partial charge in [0.1, 0.15) is 11.4 Å². The Morgan fingerprint density at radius 2 is 1.96 bits per heavy atom. The second-order valence-corrected chi connectivity index (χ2v) is 13.5. The van der Waals surface area contributed by atoms with Crippen molar-refractivity contribution in [2.75, 3.05) is 51.5 Å². The predicted octanol–water partition coefficient (Wildman–Crippen LogP) is 6.80. The molecule has 2 aliphatic heterocycles. The molecule has 2 aromatic rings. The predicted molar refractivity (Wildman–Crippen MR) is 183 cm³/mol. The van der Waals surface area contributed by atoms with Crippen LogP contribution in [0.15, 0.2) is 59.0 Å². The number of amides is 4. The first-order chi connectivity index (χ1) is 22.3. The molecule has 5 rings (SSSR count). The van der Waals surface area contributed by atoms with Crippen LogP contribution in [0, 0.1) is 0 Å². The van der Waals surface area contributed by atoms with E-state index in [-0.39, 0.29) is 23.9 Å². The van der Waals surface area contributed by atoms with Crippen molar-refractivity contribution in [1.29, 1.82) is 0 Å². The molecule has 1 fully saturated rings. The molecule has 9 nitrogen and oxygen atoms in total. The summed E-state index contributed by atoms with van der Waals surface area (Å²) in [6, 6.07) is 13.0. The molecule has 1 atom stereocenters. The van der Waals surface area contributed by atoms with Gasteiger partial charge in [-0.15, -0.1) is 11.8 Å². The number of carbonyl (C=O) groups excluding carboxylic acids is 3. The van der Waals surface area contributed by atoms with Crippen LogP contribution in [0.2, 0.25) is 0 Å². The Morgan fingerprint density at radius 1 is 1.13 bits per heavy atom. The van der Waals surface area contributed by atoms with Crippen molar-refractivity contribution < 1.29 is 23.9 Å². The molecule has 2 N–H and O–H groups in total. The number of thioether (sulfide) groups is 1. The Morgan fingerprint density at radius 3 is 2.67 bits per heavy atom. The van der Waals surface area contributed by atoms with E-state index in [1.165, 1.54) is 18.4 Å². The van der Waals surface area contributed by atoms with Crippen molar-refractivity contribution >= 4 is 35.3 Å². The molecule has 1 saturated heterocycles. The fraction of sp³-hybridized carbons (Fsp3) is 0.528. The van der Waals surface area contributed by atoms with Crippen LogP contribution < -0.4 is 15.4 Å². The third-order valence-electron chi connectivity index (χ3n) is 9.47. The van der Waals surface area contributed by atoms with Crippen molar-refractivity contribution in [3.63, 3.8) is 0 Å². The van der Waals surface area contributed by atoms with Gasteiger partial charge in [-0.2, -0.15) is 0 Å². The lowest BCUT2D eigenvalue weighted by Crippen LogP contribution is -2.54. The summed E-state index contributed by atoms with van der Waals surface area (Å²) < 4.78 is 11.9. The van der Waals surface area contributed by atoms with Gasteiger partial charge in [-0.3, -0.25) is 9.59 Å². The number of hydrogen-bond acceptors (Lipinski definition) is 6. The van der Waals surface area contributed by atoms with Crippen LogP contribution in [0.3, 0.4) is 0 Å². The molecule has 1 spiro atoms. The van der Waals surface area contributed by atoms with Gasteiger partial charge in [0.2, 0.25) is 5.91 Å². The molecule has 1 unspecified atom stereocenters. The smallest absolute Gasteiger partial charge is 0.322 e. The summed E-state index contributed by atoms with van der Waals surface area (Å²) in [5, 5.41) is 6.18. The quantitative estimate of drug-likeness (QED) is 0.158. The van der Waals surface area contributed by atoms with Gasteiger partial charge >= 0.3 is 6.03 Å². The number of carbonyl (C=O) groups is 3. The minimum atomic E-state index is -0.519. The maximum absolute atomic E-state index is 14.3. The Hall–Kier alpha value is -3.50. The molecule has 46 heavy (non-hydrogen) atoms. The lowest BCUT2D eigenvalue weighted by molar-refractivity contribution is -0.133. The van der Waals surface area contributed by atoms with Gasteiger partial charge in [0.25, 0.3) is 5.91 Å². The summed E-state index contributed by atoms with van der Waals surface area (Å²) in [5.74, 6) is 0.602. The fourth-order valence-electron chi connectivity index (χ4n) is 6.80. The molecular formula is C36H48N4O5S. The molecule has 0 saturated carbocycles. The zero-order valence-corrected chi connectivity index (χ0v) is 28.3. The van der Waals surface area contributed by atoms with Crippen molar-refractivity contribution in [1.82, 2.24) is 15.1 Å². The molecule has 248 valence electrons. The zero-order chi connectivity index (χ0) is 32.5. The molecule has 10 heteroatoms. The van der Waals surface area contributed by atoms with Crippen molar-refractivity contribution in [2.24, 2.45) is 0 Å². The number of allylic oxidation sites excluding steroid dienone is 1. The minimum absolute atomic E-state index is 0.0676. The first-order valence-electron chi connectivity index (χ1n) is 16.6. The SMILES string of the molecule is COCCCNC(=O)c1ccc2c(c1)C(N(CCC1=CCCCC1)C(=O)Nc1cccc(SC)c1)CC1(CCN(C(C)=O)CC1)O2. The van der Waals surface area contributed by atoms with Crippen molar-refractivity contribution in [2.45, 2.75) is 81.2 Å². The van der Waals surface area contributed by atoms with Crippen LogP contribution in [-0.4, -0.2) is 79.4 Å². The highest BCUT2D eigenvalue weighted by molar-refractivity contribution is 7.98. The first kappa shape index (κ1) is 33.9. The second-order valence-electron chi connectivity index (χ2n) is 12.6. The largest absolute Gasteiger partial charge is 0.487 e. The topological polar surface area (TPSA) is 100 Å². The van der Waals surface area contributed by atoms with E-state index in [4.69, 9.17) is 9.47 Å². The highest BCUT2D eigenvalue weighted by Gasteiger charge is 2.46. The van der Waals surface area contributed by atoms with Gasteiger partial charge in [-0.25, -0.2) is 4.79 Å². The summed E-state index contributed by atoms with van der Waals surface area (Å²) >= 11 is 1.63. The Bertz CT molecular complexity index is 1420. The van der Waals surface area contributed by atoms with Gasteiger partial charge in [0.15, 0.2) is 0 Å². The molecule has 4 amide bonds. The van der Waals surface area contributed by atoms with Gasteiger partial charge in [-0.1, -0.05) is 17.7 Å². The number of nitrogens with zero attached hydrogens (tertiary/aromatic N) is 2. The zero-order valence-electron chi connectivity index (χ0n) is 27.4. The van der Waals surface area contributed by atoms with Gasteiger partial charge < -0.3 is 29.9 Å². The molecule has 3 aliphatic rings. The monoisotopic (exact) mass is 648 g/mol. The van der Waals surface area contributed by atoms with Crippen LogP contribution in [0.4, 0.5) is 10.5 Å². The molecule has 1 aliphatic carbocycles. The lowest BCUT2D eigenvalue weighted by atomic mass is 9.79. The summed E-state index contributed by atoms with van der Waals surface area (Å²) in [7, 11) is 1.65. The number of anilines is 1. The number of hydrogen-bond donors (Lipinski definition) is 2. The average molecular weight is 649 g/mol. The molecule has 2 aromatic carbocycles. The summed E-state index contributed by atoms with van der Waals surface area (Å²) in [5.41, 5.74) is 3.01. The third-order valence-corrected chi connectivity index (χ3v) is 10.2. The van der Waals surface area contributed by atoms with E-state index in [1.807, 2.05) is 52.5 Å². The minimum Gasteiger partial charge on any atom is -0.487 e. The summed E-state index contributed by atoms with van der Waals surface area (Å²) in [6.07, 6.45) is 12.4. The number of urea groups is 1. The van der Waals surface area contributed by atoms with Crippen LogP contribution in [0.1, 0.15) is 86.7 Å². The van der Waals surface area contributed by atoms with Crippen LogP contribution in [0.5, 0.6) is 5.75 Å². The number of piperidine rings is 1. The first-order valence-corrected chi connectivity index (χ1v) is 17.8. The van der Waals surface area contributed by atoms with Gasteiger partial charge in [0, 0.05) is 87.8 Å². The standard InChI is InChI=1S/C36H48N4O5S/c1-26(41)39-20-16-36(17-21-39)25-32(31-23-28(13-14-33(31)45-36)34(42)37-18-8-22-44-2)40(19-15-27-9-5-4-6-10-27)35(43)38-29-11-7-12-30(24-29)46-3/h7,9,11-14,23-24,32H,4-6,8,10,15-22,25H2,1-3H3,(H,37,42)(H,38,43). The fourth-order valence-corrected chi connectivity index (χ4v) is 7.26. The van der Waals surface area contributed by atoms with Crippen LogP contribution in [-0.2, 0) is 9.53 Å². The van der Waals surface area contributed by atoms with E-state index in [1.54, 1.807) is 31.9 Å². The molecule has 0 aromatic heterocycles. The van der Waals surface area contributed by atoms with Gasteiger partial charge in [0.05, 0.1) is 6.04 Å². The van der Waals surface area contributed by atoms with Crippen LogP contribution in [0.25, 0.3) is 0 Å². The molecule has 2 heterocycles. The molecule has 0 radical (unpaired) electrons. The van der Waals surface area contributed by atoms with E-state index < -0.39 is 5.60 Å². The highest BCUT2D eigenvalue weighted by Crippen LogP contribution is 2.47. The average Bonchev–Trinajstić information content (AvgIpc) is 3.07. The van der Waals surface area contributed by atoms with E-state index in [2.05, 4.69) is 16.7 Å². The molecular weight excluding hydrogens is 600 g/mol. The van der Waals surface area contributed by atoms with E-state index in [0.29, 0.717) is 63.4 Å². The Kier molecular flexibility index (Phi) is 11.7. The number of fused-ring (bicyclic) bond motifs is 1. The van der Waals surface area contributed by atoms with Crippen molar-refractivity contribution in [3.05, 3.63) is 65.2 Å². The Balaban J connectivity index is 1.49. The van der Waals surface area contributed by atoms with E-state index in [0.717, 1.165) is 41.8 Å².